The zero-order valence-corrected chi connectivity index (χ0v) is 33.9. The molecule has 5 rings (SSSR count). The summed E-state index contributed by atoms with van der Waals surface area (Å²) >= 11 is 0. The van der Waals surface area contributed by atoms with Crippen LogP contribution in [0.15, 0.2) is 30.6 Å². The van der Waals surface area contributed by atoms with Crippen LogP contribution in [0.5, 0.6) is 0 Å². The van der Waals surface area contributed by atoms with Gasteiger partial charge in [-0.15, -0.1) is 0 Å². The molecule has 1 saturated heterocycles. The molecular weight excluding hydrogens is 675 g/mol. The van der Waals surface area contributed by atoms with E-state index < -0.39 is 25.4 Å². The summed E-state index contributed by atoms with van der Waals surface area (Å²) < 4.78 is 26.2. The Bertz CT molecular complexity index is 1780. The Hall–Kier alpha value is -3.83. The number of aromatic nitrogens is 4. The van der Waals surface area contributed by atoms with Gasteiger partial charge in [0.1, 0.15) is 17.8 Å². The van der Waals surface area contributed by atoms with E-state index in [9.17, 15) is 10.1 Å². The second-order valence-electron chi connectivity index (χ2n) is 17.3. The van der Waals surface area contributed by atoms with Gasteiger partial charge in [-0.3, -0.25) is 9.58 Å². The summed E-state index contributed by atoms with van der Waals surface area (Å²) in [6.07, 6.45) is 4.80. The molecule has 0 saturated carbocycles. The number of nitrogens with one attached hydrogen (secondary N) is 1. The van der Waals surface area contributed by atoms with Gasteiger partial charge in [-0.1, -0.05) is 41.5 Å². The average Bonchev–Trinajstić information content (AvgIpc) is 3.59. The van der Waals surface area contributed by atoms with Crippen LogP contribution in [0, 0.1) is 17.2 Å². The minimum absolute atomic E-state index is 0.00286. The smallest absolute Gasteiger partial charge is 0.414 e. The Kier molecular flexibility index (Phi) is 11.6. The highest BCUT2D eigenvalue weighted by Crippen LogP contribution is 2.47. The molecule has 0 spiro atoms. The number of nitrogens with zero attached hydrogens (tertiary/aromatic N) is 6. The molecule has 0 unspecified atom stereocenters. The molecule has 2 aliphatic heterocycles. The number of fused-ring (bicyclic) bond motifs is 1. The largest absolute Gasteiger partial charge is 0.443 e. The lowest BCUT2D eigenvalue weighted by molar-refractivity contribution is -0.0948. The number of rotatable bonds is 11. The average molecular weight is 732 g/mol. The van der Waals surface area contributed by atoms with Gasteiger partial charge >= 0.3 is 6.09 Å². The number of benzene rings is 1. The van der Waals surface area contributed by atoms with Crippen molar-refractivity contribution >= 4 is 31.7 Å². The molecule has 1 amide bonds. The molecule has 2 atom stereocenters. The Morgan fingerprint density at radius 2 is 1.94 bits per heavy atom. The fourth-order valence-electron chi connectivity index (χ4n) is 6.18. The molecule has 2 aromatic heterocycles. The maximum absolute atomic E-state index is 13.7. The molecule has 4 heterocycles. The quantitative estimate of drug-likeness (QED) is 0.193. The van der Waals surface area contributed by atoms with Crippen LogP contribution in [0.4, 0.5) is 22.1 Å². The molecular formula is C39H57N7O5Si. The second kappa shape index (κ2) is 15.3. The highest BCUT2D eigenvalue weighted by molar-refractivity contribution is 6.74. The Balaban J connectivity index is 1.51. The van der Waals surface area contributed by atoms with E-state index in [1.807, 2.05) is 43.8 Å². The predicted octanol–water partition coefficient (Wildman–Crippen LogP) is 7.99. The van der Waals surface area contributed by atoms with E-state index in [0.29, 0.717) is 68.3 Å². The van der Waals surface area contributed by atoms with Crippen LogP contribution in [0.25, 0.3) is 11.3 Å². The van der Waals surface area contributed by atoms with E-state index in [2.05, 4.69) is 71.0 Å². The molecule has 2 aliphatic rings. The number of nitriles is 1. The fraction of sp³-hybridized carbons (Fsp3) is 0.615. The zero-order valence-electron chi connectivity index (χ0n) is 32.9. The maximum atomic E-state index is 13.7. The van der Waals surface area contributed by atoms with Gasteiger partial charge in [0.15, 0.2) is 8.32 Å². The minimum Gasteiger partial charge on any atom is -0.443 e. The lowest BCUT2D eigenvalue weighted by atomic mass is 9.83. The summed E-state index contributed by atoms with van der Waals surface area (Å²) in [7, 11) is -2.15. The van der Waals surface area contributed by atoms with Crippen LogP contribution in [-0.4, -0.2) is 78.8 Å². The van der Waals surface area contributed by atoms with Crippen molar-refractivity contribution in [3.05, 3.63) is 47.4 Å². The van der Waals surface area contributed by atoms with Gasteiger partial charge in [-0.25, -0.2) is 14.8 Å². The van der Waals surface area contributed by atoms with Crippen LogP contribution in [-0.2, 0) is 37.0 Å². The van der Waals surface area contributed by atoms with Crippen molar-refractivity contribution in [3.8, 4) is 17.3 Å². The van der Waals surface area contributed by atoms with Crippen LogP contribution < -0.4 is 10.2 Å². The van der Waals surface area contributed by atoms with E-state index in [1.165, 1.54) is 0 Å². The first kappa shape index (κ1) is 39.4. The Morgan fingerprint density at radius 3 is 2.58 bits per heavy atom. The number of anilines is 3. The molecule has 1 fully saturated rings. The van der Waals surface area contributed by atoms with Gasteiger partial charge in [0.25, 0.3) is 0 Å². The fourth-order valence-corrected chi connectivity index (χ4v) is 7.29. The van der Waals surface area contributed by atoms with Crippen LogP contribution in [0.2, 0.25) is 18.1 Å². The molecule has 13 heteroatoms. The van der Waals surface area contributed by atoms with Gasteiger partial charge in [-0.2, -0.15) is 10.4 Å². The van der Waals surface area contributed by atoms with Gasteiger partial charge in [0.2, 0.25) is 5.95 Å². The highest BCUT2D eigenvalue weighted by atomic mass is 28.4. The molecule has 12 nitrogen and oxygen atoms in total. The molecule has 282 valence electrons. The first-order valence-corrected chi connectivity index (χ1v) is 21.3. The molecule has 0 bridgehead atoms. The summed E-state index contributed by atoms with van der Waals surface area (Å²) in [5, 5.41) is 18.6. The lowest BCUT2D eigenvalue weighted by Gasteiger charge is -2.39. The summed E-state index contributed by atoms with van der Waals surface area (Å²) in [5.41, 5.74) is 3.76. The third kappa shape index (κ3) is 9.02. The van der Waals surface area contributed by atoms with Gasteiger partial charge in [0.05, 0.1) is 60.9 Å². The molecule has 1 N–H and O–H groups in total. The van der Waals surface area contributed by atoms with Gasteiger partial charge in [0, 0.05) is 30.3 Å². The number of carbonyl (C=O) groups excluding carboxylic acids is 1. The molecule has 1 aromatic carbocycles. The van der Waals surface area contributed by atoms with E-state index in [1.54, 1.807) is 17.2 Å². The Labute approximate surface area is 310 Å². The first-order valence-electron chi connectivity index (χ1n) is 18.4. The molecule has 3 aromatic rings. The number of hydrogen-bond acceptors (Lipinski definition) is 10. The van der Waals surface area contributed by atoms with E-state index in [-0.39, 0.29) is 11.1 Å². The highest BCUT2D eigenvalue weighted by Gasteiger charge is 2.47. The monoisotopic (exact) mass is 731 g/mol. The van der Waals surface area contributed by atoms with Crippen molar-refractivity contribution in [1.82, 2.24) is 19.7 Å². The summed E-state index contributed by atoms with van der Waals surface area (Å²) in [4.78, 5) is 24.7. The molecule has 0 radical (unpaired) electrons. The van der Waals surface area contributed by atoms with Crippen molar-refractivity contribution < 1.29 is 23.4 Å². The summed E-state index contributed by atoms with van der Waals surface area (Å²) in [6.45, 7) is 26.2. The number of hydrogen-bond donors (Lipinski definition) is 1. The third-order valence-electron chi connectivity index (χ3n) is 10.2. The van der Waals surface area contributed by atoms with Crippen molar-refractivity contribution in [2.24, 2.45) is 5.92 Å². The standard InChI is InChI=1S/C39H57N7O5Si/c1-26(2)12-13-33-32(21-42-46(33)22-29-23-48-16-17-49-29)44-35-41-15-14-31(43-35)27-18-28(20-40)34-30(19-27)39(9,25-50-52(10,11)38(6,7)8)24-45(34)36(47)51-37(3,4)5/h14-15,18-19,21,26,29H,12-13,16-17,22-25H2,1-11H3,(H,41,43,44)/t29-,39-/m1/s1. The number of carbonyl (C=O) groups is 1. The van der Waals surface area contributed by atoms with E-state index >= 15 is 0 Å². The van der Waals surface area contributed by atoms with Crippen molar-refractivity contribution in [3.63, 3.8) is 0 Å². The predicted molar refractivity (Wildman–Crippen MR) is 205 cm³/mol. The zero-order chi connectivity index (χ0) is 38.1. The van der Waals surface area contributed by atoms with Crippen LogP contribution >= 0.6 is 0 Å². The number of amides is 1. The van der Waals surface area contributed by atoms with Crippen molar-refractivity contribution in [2.45, 2.75) is 117 Å². The number of ether oxygens (including phenoxy) is 3. The lowest BCUT2D eigenvalue weighted by Crippen LogP contribution is -2.46. The topological polar surface area (TPSA) is 137 Å². The van der Waals surface area contributed by atoms with Gasteiger partial charge < -0.3 is 24.0 Å². The van der Waals surface area contributed by atoms with Crippen molar-refractivity contribution in [2.75, 3.05) is 43.2 Å². The summed E-state index contributed by atoms with van der Waals surface area (Å²) in [5.74, 6) is 0.932. The van der Waals surface area contributed by atoms with Crippen molar-refractivity contribution in [1.29, 1.82) is 5.26 Å². The van der Waals surface area contributed by atoms with Crippen LogP contribution in [0.3, 0.4) is 0 Å². The normalized spacial score (nSPS) is 19.4. The second-order valence-corrected chi connectivity index (χ2v) is 22.1. The maximum Gasteiger partial charge on any atom is 0.414 e. The van der Waals surface area contributed by atoms with E-state index in [4.69, 9.17) is 28.7 Å². The first-order chi connectivity index (χ1) is 24.3. The van der Waals surface area contributed by atoms with E-state index in [0.717, 1.165) is 35.3 Å². The van der Waals surface area contributed by atoms with Gasteiger partial charge in [-0.05, 0) is 81.4 Å². The SMILES string of the molecule is CC(C)CCc1c(Nc2nccc(-c3cc(C#N)c4c(c3)[C@@](C)(CO[Si](C)(C)C(C)(C)C)CN4C(=O)OC(C)(C)C)n2)cnn1C[C@@H]1COCCO1. The van der Waals surface area contributed by atoms with Crippen LogP contribution in [0.1, 0.15) is 85.6 Å². The minimum atomic E-state index is -2.15. The molecule has 0 aliphatic carbocycles. The molecule has 52 heavy (non-hydrogen) atoms. The Morgan fingerprint density at radius 1 is 1.19 bits per heavy atom. The third-order valence-corrected chi connectivity index (χ3v) is 14.7. The summed E-state index contributed by atoms with van der Waals surface area (Å²) in [6, 6.07) is 8.04.